The van der Waals surface area contributed by atoms with Crippen LogP contribution in [-0.4, -0.2) is 46.2 Å². The molecule has 0 fully saturated rings. The number of carbonyl (C=O) groups excluding carboxylic acids is 3. The maximum absolute atomic E-state index is 11.7. The number of carbonyl (C=O) groups is 3. The van der Waals surface area contributed by atoms with Crippen LogP contribution in [0.5, 0.6) is 0 Å². The number of H-pyrrole nitrogens is 1. The van der Waals surface area contributed by atoms with Gasteiger partial charge in [-0.2, -0.15) is 10.3 Å². The SMILES string of the molecule is CC(=O)N[C@H](CNOC(=O)CCCC(=O)C=[N+]=[N-])Cc1c[nH]c2ccccc12. The fourth-order valence-corrected chi connectivity index (χ4v) is 2.84. The highest BCUT2D eigenvalue weighted by Crippen LogP contribution is 2.19. The van der Waals surface area contributed by atoms with E-state index >= 15 is 0 Å². The Balaban J connectivity index is 1.82. The van der Waals surface area contributed by atoms with Crippen LogP contribution in [0.4, 0.5) is 0 Å². The number of nitrogens with one attached hydrogen (secondary N) is 3. The summed E-state index contributed by atoms with van der Waals surface area (Å²) < 4.78 is 0. The average molecular weight is 385 g/mol. The molecule has 148 valence electrons. The average Bonchev–Trinajstić information content (AvgIpc) is 3.04. The van der Waals surface area contributed by atoms with E-state index < -0.39 is 5.97 Å². The normalized spacial score (nSPS) is 11.5. The molecule has 1 heterocycles. The van der Waals surface area contributed by atoms with Gasteiger partial charge >= 0.3 is 12.2 Å². The van der Waals surface area contributed by atoms with Crippen molar-refractivity contribution in [2.24, 2.45) is 0 Å². The monoisotopic (exact) mass is 385 g/mol. The molecule has 0 spiro atoms. The number of amides is 1. The second kappa shape index (κ2) is 10.8. The number of hydrogen-bond donors (Lipinski definition) is 3. The maximum atomic E-state index is 11.7. The Kier molecular flexibility index (Phi) is 8.08. The second-order valence-electron chi connectivity index (χ2n) is 6.35. The van der Waals surface area contributed by atoms with E-state index in [9.17, 15) is 14.4 Å². The van der Waals surface area contributed by atoms with E-state index in [-0.39, 0.29) is 43.5 Å². The Bertz CT molecular complexity index is 885. The molecule has 1 aromatic carbocycles. The fourth-order valence-electron chi connectivity index (χ4n) is 2.84. The molecule has 1 amide bonds. The molecule has 3 N–H and O–H groups in total. The van der Waals surface area contributed by atoms with Crippen LogP contribution in [0.2, 0.25) is 0 Å². The van der Waals surface area contributed by atoms with Gasteiger partial charge in [-0.05, 0) is 24.5 Å². The Morgan fingerprint density at radius 1 is 1.29 bits per heavy atom. The van der Waals surface area contributed by atoms with Crippen molar-refractivity contribution in [3.05, 3.63) is 41.6 Å². The van der Waals surface area contributed by atoms with Crippen molar-refractivity contribution in [1.82, 2.24) is 15.8 Å². The summed E-state index contributed by atoms with van der Waals surface area (Å²) in [4.78, 5) is 45.1. The van der Waals surface area contributed by atoms with Crippen LogP contribution in [0.3, 0.4) is 0 Å². The third-order valence-corrected chi connectivity index (χ3v) is 4.07. The number of Topliss-reactive ketones (excluding diaryl/α,β-unsaturated/α-hetero) is 1. The van der Waals surface area contributed by atoms with Crippen molar-refractivity contribution in [3.8, 4) is 0 Å². The van der Waals surface area contributed by atoms with E-state index in [2.05, 4.69) is 20.6 Å². The predicted molar refractivity (Wildman–Crippen MR) is 102 cm³/mol. The third-order valence-electron chi connectivity index (χ3n) is 4.07. The van der Waals surface area contributed by atoms with Gasteiger partial charge in [0.15, 0.2) is 0 Å². The van der Waals surface area contributed by atoms with Crippen molar-refractivity contribution in [2.75, 3.05) is 6.54 Å². The van der Waals surface area contributed by atoms with Crippen molar-refractivity contribution >= 4 is 34.8 Å². The lowest BCUT2D eigenvalue weighted by molar-refractivity contribution is -0.151. The first-order chi connectivity index (χ1) is 13.5. The van der Waals surface area contributed by atoms with E-state index in [0.29, 0.717) is 6.42 Å². The fraction of sp³-hybridized carbons (Fsp3) is 0.368. The number of aromatic nitrogens is 1. The molecule has 1 aromatic heterocycles. The van der Waals surface area contributed by atoms with Gasteiger partial charge in [0.25, 0.3) is 0 Å². The Morgan fingerprint density at radius 2 is 2.07 bits per heavy atom. The number of nitrogens with zero attached hydrogens (tertiary/aromatic N) is 2. The lowest BCUT2D eigenvalue weighted by atomic mass is 10.1. The molecule has 0 aliphatic carbocycles. The van der Waals surface area contributed by atoms with Crippen LogP contribution in [-0.2, 0) is 25.6 Å². The van der Waals surface area contributed by atoms with E-state index in [4.69, 9.17) is 10.4 Å². The number of hydroxylamine groups is 1. The Hall–Kier alpha value is -3.29. The molecule has 0 saturated heterocycles. The highest BCUT2D eigenvalue weighted by Gasteiger charge is 2.15. The lowest BCUT2D eigenvalue weighted by Crippen LogP contribution is -2.43. The predicted octanol–water partition coefficient (Wildman–Crippen LogP) is 1.30. The summed E-state index contributed by atoms with van der Waals surface area (Å²) in [6.45, 7) is 1.67. The van der Waals surface area contributed by atoms with Crippen molar-refractivity contribution in [2.45, 2.75) is 38.6 Å². The van der Waals surface area contributed by atoms with Crippen molar-refractivity contribution in [3.63, 3.8) is 0 Å². The van der Waals surface area contributed by atoms with Gasteiger partial charge in [0, 0.05) is 42.9 Å². The van der Waals surface area contributed by atoms with E-state index in [1.807, 2.05) is 30.5 Å². The molecule has 9 nitrogen and oxygen atoms in total. The van der Waals surface area contributed by atoms with Gasteiger partial charge in [0.05, 0.1) is 6.54 Å². The minimum Gasteiger partial charge on any atom is -0.371 e. The minimum absolute atomic E-state index is 0.0469. The molecule has 9 heteroatoms. The quantitative estimate of drug-likeness (QED) is 0.232. The van der Waals surface area contributed by atoms with Crippen molar-refractivity contribution in [1.29, 1.82) is 0 Å². The molecule has 1 atom stereocenters. The largest absolute Gasteiger partial charge is 0.371 e. The van der Waals surface area contributed by atoms with Crippen LogP contribution >= 0.6 is 0 Å². The smallest absolute Gasteiger partial charge is 0.324 e. The number of para-hydroxylation sites is 1. The molecule has 28 heavy (non-hydrogen) atoms. The summed E-state index contributed by atoms with van der Waals surface area (Å²) in [5.41, 5.74) is 12.9. The standard InChI is InChI=1S/C19H23N5O4/c1-13(25)24-15(9-14-10-21-18-7-3-2-6-17(14)18)11-23-28-19(27)8-4-5-16(26)12-22-20/h2-3,6-7,10,12,15,21,23H,4-5,8-9,11H2,1H3,(H,24,25)/t15-/m0/s1. The number of hydrogen-bond acceptors (Lipinski definition) is 5. The van der Waals surface area contributed by atoms with Crippen LogP contribution < -0.4 is 10.8 Å². The molecule has 0 bridgehead atoms. The van der Waals surface area contributed by atoms with Crippen LogP contribution in [0.15, 0.2) is 30.5 Å². The zero-order valence-electron chi connectivity index (χ0n) is 15.6. The Morgan fingerprint density at radius 3 is 2.82 bits per heavy atom. The summed E-state index contributed by atoms with van der Waals surface area (Å²) in [6, 6.07) is 7.60. The summed E-state index contributed by atoms with van der Waals surface area (Å²) in [7, 11) is 0. The molecule has 2 aromatic rings. The topological polar surface area (TPSA) is 137 Å². The Labute approximate surface area is 162 Å². The van der Waals surface area contributed by atoms with Gasteiger partial charge in [-0.1, -0.05) is 18.2 Å². The van der Waals surface area contributed by atoms with E-state index in [1.165, 1.54) is 6.92 Å². The number of rotatable bonds is 11. The first kappa shape index (κ1) is 21.0. The van der Waals surface area contributed by atoms with Crippen LogP contribution in [0, 0.1) is 0 Å². The number of aromatic amines is 1. The highest BCUT2D eigenvalue weighted by atomic mass is 16.7. The van der Waals surface area contributed by atoms with Gasteiger partial charge < -0.3 is 20.7 Å². The summed E-state index contributed by atoms with van der Waals surface area (Å²) in [6.07, 6.45) is 3.68. The van der Waals surface area contributed by atoms with Gasteiger partial charge in [-0.15, -0.1) is 0 Å². The van der Waals surface area contributed by atoms with Gasteiger partial charge in [-0.3, -0.25) is 14.4 Å². The summed E-state index contributed by atoms with van der Waals surface area (Å²) in [5, 5.41) is 3.91. The molecule has 0 radical (unpaired) electrons. The molecule has 0 aliphatic rings. The second-order valence-corrected chi connectivity index (χ2v) is 6.35. The zero-order chi connectivity index (χ0) is 20.4. The summed E-state index contributed by atoms with van der Waals surface area (Å²) >= 11 is 0. The number of fused-ring (bicyclic) bond motifs is 1. The molecule has 0 saturated carbocycles. The molecular formula is C19H23N5O4. The van der Waals surface area contributed by atoms with Gasteiger partial charge in [-0.25, -0.2) is 0 Å². The van der Waals surface area contributed by atoms with Crippen LogP contribution in [0.25, 0.3) is 16.4 Å². The highest BCUT2D eigenvalue weighted by molar-refractivity contribution is 6.25. The first-order valence-electron chi connectivity index (χ1n) is 8.94. The molecule has 0 aliphatic heterocycles. The maximum Gasteiger partial charge on any atom is 0.324 e. The molecule has 2 rings (SSSR count). The lowest BCUT2D eigenvalue weighted by Gasteiger charge is -2.18. The van der Waals surface area contributed by atoms with E-state index in [0.717, 1.165) is 22.7 Å². The first-order valence-corrected chi connectivity index (χ1v) is 8.94. The van der Waals surface area contributed by atoms with Gasteiger partial charge in [0.2, 0.25) is 11.7 Å². The number of ketones is 1. The molecular weight excluding hydrogens is 362 g/mol. The summed E-state index contributed by atoms with van der Waals surface area (Å²) in [5.74, 6) is -1.06. The molecule has 0 unspecified atom stereocenters. The minimum atomic E-state index is -0.512. The third kappa shape index (κ3) is 6.79. The van der Waals surface area contributed by atoms with Crippen LogP contribution in [0.1, 0.15) is 31.7 Å². The van der Waals surface area contributed by atoms with Crippen molar-refractivity contribution < 1.29 is 24.0 Å². The zero-order valence-corrected chi connectivity index (χ0v) is 15.6. The van der Waals surface area contributed by atoms with E-state index in [1.54, 1.807) is 0 Å². The number of benzene rings is 1. The van der Waals surface area contributed by atoms with Gasteiger partial charge in [0.1, 0.15) is 0 Å².